The van der Waals surface area contributed by atoms with Gasteiger partial charge in [-0.15, -0.1) is 10.2 Å². The molecule has 2 heterocycles. The number of nitrogens with zero attached hydrogens (tertiary/aromatic N) is 4. The molecule has 1 amide bonds. The summed E-state index contributed by atoms with van der Waals surface area (Å²) in [6, 6.07) is 0. The van der Waals surface area contributed by atoms with Crippen molar-refractivity contribution in [3.63, 3.8) is 0 Å². The number of aromatic nitrogens is 3. The number of rotatable bonds is 6. The summed E-state index contributed by atoms with van der Waals surface area (Å²) >= 11 is 1.44. The van der Waals surface area contributed by atoms with Crippen molar-refractivity contribution in [1.29, 1.82) is 0 Å². The third kappa shape index (κ3) is 5.00. The van der Waals surface area contributed by atoms with Gasteiger partial charge in [0.15, 0.2) is 5.16 Å². The number of piperidine rings is 1. The van der Waals surface area contributed by atoms with Crippen molar-refractivity contribution in [1.82, 2.24) is 19.7 Å². The van der Waals surface area contributed by atoms with Gasteiger partial charge in [-0.1, -0.05) is 25.6 Å². The van der Waals surface area contributed by atoms with Crippen LogP contribution in [-0.4, -0.2) is 57.1 Å². The minimum atomic E-state index is 0.172. The number of ether oxygens (including phenoxy) is 1. The number of thioether (sulfide) groups is 1. The molecule has 0 N–H and O–H groups in total. The maximum Gasteiger partial charge on any atom is 0.233 e. The summed E-state index contributed by atoms with van der Waals surface area (Å²) in [6.07, 6.45) is 3.83. The van der Waals surface area contributed by atoms with Gasteiger partial charge in [0.05, 0.1) is 11.9 Å². The van der Waals surface area contributed by atoms with Crippen molar-refractivity contribution >= 4 is 17.7 Å². The first-order valence-electron chi connectivity index (χ1n) is 7.42. The second kappa shape index (κ2) is 7.79. The molecule has 21 heavy (non-hydrogen) atoms. The summed E-state index contributed by atoms with van der Waals surface area (Å²) in [5, 5.41) is 8.55. The molecule has 6 nitrogen and oxygen atoms in total. The van der Waals surface area contributed by atoms with Gasteiger partial charge in [0, 0.05) is 26.7 Å². The van der Waals surface area contributed by atoms with Crippen LogP contribution < -0.4 is 0 Å². The van der Waals surface area contributed by atoms with Gasteiger partial charge in [0.2, 0.25) is 5.91 Å². The van der Waals surface area contributed by atoms with Gasteiger partial charge in [-0.25, -0.2) is 0 Å². The first kappa shape index (κ1) is 16.3. The molecule has 0 radical (unpaired) electrons. The Bertz CT molecular complexity index is 456. The minimum Gasteiger partial charge on any atom is -0.378 e. The summed E-state index contributed by atoms with van der Waals surface area (Å²) < 4.78 is 7.67. The lowest BCUT2D eigenvalue weighted by Gasteiger charge is -2.32. The standard InChI is InChI=1S/C14H24N4O2S/c1-11(2)8-20-12-4-6-18(7-5-12)13(19)9-21-14-16-15-10-17(14)3/h10-12H,4-9H2,1-3H3. The molecule has 1 aromatic heterocycles. The molecule has 0 atom stereocenters. The van der Waals surface area contributed by atoms with Crippen molar-refractivity contribution in [2.24, 2.45) is 13.0 Å². The van der Waals surface area contributed by atoms with E-state index in [-0.39, 0.29) is 5.91 Å². The first-order chi connectivity index (χ1) is 10.1. The Morgan fingerprint density at radius 3 is 2.76 bits per heavy atom. The molecule has 1 aliphatic rings. The molecule has 0 spiro atoms. The molecule has 1 aliphatic heterocycles. The van der Waals surface area contributed by atoms with Crippen LogP contribution in [0.25, 0.3) is 0 Å². The summed E-state index contributed by atoms with van der Waals surface area (Å²) in [4.78, 5) is 14.1. The summed E-state index contributed by atoms with van der Waals surface area (Å²) in [5.74, 6) is 1.15. The minimum absolute atomic E-state index is 0.172. The highest BCUT2D eigenvalue weighted by Crippen LogP contribution is 2.18. The van der Waals surface area contributed by atoms with Gasteiger partial charge in [-0.05, 0) is 18.8 Å². The van der Waals surface area contributed by atoms with E-state index in [4.69, 9.17) is 4.74 Å². The maximum atomic E-state index is 12.2. The molecule has 1 aromatic rings. The number of likely N-dealkylation sites (tertiary alicyclic amines) is 1. The highest BCUT2D eigenvalue weighted by molar-refractivity contribution is 7.99. The van der Waals surface area contributed by atoms with Crippen molar-refractivity contribution in [3.8, 4) is 0 Å². The van der Waals surface area contributed by atoms with E-state index < -0.39 is 0 Å². The summed E-state index contributed by atoms with van der Waals surface area (Å²) in [5.41, 5.74) is 0. The van der Waals surface area contributed by atoms with Crippen molar-refractivity contribution < 1.29 is 9.53 Å². The lowest BCUT2D eigenvalue weighted by atomic mass is 10.1. The van der Waals surface area contributed by atoms with E-state index in [0.29, 0.717) is 17.8 Å². The van der Waals surface area contributed by atoms with Gasteiger partial charge < -0.3 is 14.2 Å². The molecule has 118 valence electrons. The highest BCUT2D eigenvalue weighted by atomic mass is 32.2. The largest absolute Gasteiger partial charge is 0.378 e. The molecule has 7 heteroatoms. The van der Waals surface area contributed by atoms with Crippen LogP contribution in [0, 0.1) is 5.92 Å². The molecule has 0 saturated carbocycles. The molecular formula is C14H24N4O2S. The van der Waals surface area contributed by atoms with Gasteiger partial charge in [-0.2, -0.15) is 0 Å². The van der Waals surface area contributed by atoms with Gasteiger partial charge in [0.25, 0.3) is 0 Å². The Kier molecular flexibility index (Phi) is 6.05. The number of aryl methyl sites for hydroxylation is 1. The van der Waals surface area contributed by atoms with Crippen LogP contribution in [0.15, 0.2) is 11.5 Å². The Labute approximate surface area is 130 Å². The van der Waals surface area contributed by atoms with Crippen LogP contribution >= 0.6 is 11.8 Å². The van der Waals surface area contributed by atoms with Crippen molar-refractivity contribution in [2.45, 2.75) is 37.9 Å². The molecule has 0 aromatic carbocycles. The average molecular weight is 312 g/mol. The second-order valence-corrected chi connectivity index (χ2v) is 6.76. The third-order valence-corrected chi connectivity index (χ3v) is 4.47. The maximum absolute atomic E-state index is 12.2. The molecule has 1 saturated heterocycles. The van der Waals surface area contributed by atoms with Gasteiger partial charge >= 0.3 is 0 Å². The first-order valence-corrected chi connectivity index (χ1v) is 8.41. The average Bonchev–Trinajstić information content (AvgIpc) is 2.88. The predicted molar refractivity (Wildman–Crippen MR) is 82.1 cm³/mol. The lowest BCUT2D eigenvalue weighted by molar-refractivity contribution is -0.131. The second-order valence-electron chi connectivity index (χ2n) is 5.82. The normalized spacial score (nSPS) is 16.7. The van der Waals surface area contributed by atoms with Crippen LogP contribution in [0.4, 0.5) is 0 Å². The van der Waals surface area contributed by atoms with Crippen LogP contribution in [0.1, 0.15) is 26.7 Å². The van der Waals surface area contributed by atoms with Crippen molar-refractivity contribution in [3.05, 3.63) is 6.33 Å². The van der Waals surface area contributed by atoms with E-state index in [9.17, 15) is 4.79 Å². The van der Waals surface area contributed by atoms with E-state index in [2.05, 4.69) is 24.0 Å². The zero-order valence-corrected chi connectivity index (χ0v) is 13.8. The Balaban J connectivity index is 1.69. The lowest BCUT2D eigenvalue weighted by Crippen LogP contribution is -2.42. The zero-order valence-electron chi connectivity index (χ0n) is 13.0. The molecule has 1 fully saturated rings. The van der Waals surface area contributed by atoms with Crippen LogP contribution in [0.5, 0.6) is 0 Å². The molecule has 0 bridgehead atoms. The molecule has 0 aliphatic carbocycles. The smallest absolute Gasteiger partial charge is 0.233 e. The third-order valence-electron chi connectivity index (χ3n) is 3.45. The SMILES string of the molecule is CC(C)COC1CCN(C(=O)CSc2nncn2C)CC1. The molecular weight excluding hydrogens is 288 g/mol. The molecule has 0 unspecified atom stereocenters. The number of amides is 1. The number of hydrogen-bond donors (Lipinski definition) is 0. The van der Waals surface area contributed by atoms with E-state index in [1.807, 2.05) is 16.5 Å². The van der Waals surface area contributed by atoms with Gasteiger partial charge in [0.1, 0.15) is 6.33 Å². The van der Waals surface area contributed by atoms with E-state index in [1.165, 1.54) is 11.8 Å². The zero-order chi connectivity index (χ0) is 15.2. The quantitative estimate of drug-likeness (QED) is 0.746. The van der Waals surface area contributed by atoms with Crippen LogP contribution in [0.2, 0.25) is 0 Å². The fourth-order valence-corrected chi connectivity index (χ4v) is 3.01. The Morgan fingerprint density at radius 1 is 1.48 bits per heavy atom. The van der Waals surface area contributed by atoms with Gasteiger partial charge in [-0.3, -0.25) is 4.79 Å². The fourth-order valence-electron chi connectivity index (χ4n) is 2.22. The summed E-state index contributed by atoms with van der Waals surface area (Å²) in [6.45, 7) is 6.70. The fraction of sp³-hybridized carbons (Fsp3) is 0.786. The van der Waals surface area contributed by atoms with Crippen LogP contribution in [0.3, 0.4) is 0 Å². The monoisotopic (exact) mass is 312 g/mol. The Morgan fingerprint density at radius 2 is 2.19 bits per heavy atom. The highest BCUT2D eigenvalue weighted by Gasteiger charge is 2.23. The predicted octanol–water partition coefficient (Wildman–Crippen LogP) is 1.57. The van der Waals surface area contributed by atoms with E-state index in [0.717, 1.165) is 37.7 Å². The van der Waals surface area contributed by atoms with Crippen molar-refractivity contribution in [2.75, 3.05) is 25.4 Å². The van der Waals surface area contributed by atoms with E-state index >= 15 is 0 Å². The van der Waals surface area contributed by atoms with Crippen LogP contribution in [-0.2, 0) is 16.6 Å². The summed E-state index contributed by atoms with van der Waals surface area (Å²) in [7, 11) is 1.88. The van der Waals surface area contributed by atoms with E-state index in [1.54, 1.807) is 6.33 Å². The number of hydrogen-bond acceptors (Lipinski definition) is 5. The number of carbonyl (C=O) groups excluding carboxylic acids is 1. The molecule has 2 rings (SSSR count). The number of carbonyl (C=O) groups is 1. The Hall–Kier alpha value is -1.08. The topological polar surface area (TPSA) is 60.2 Å².